The maximum atomic E-state index is 13.2. The summed E-state index contributed by atoms with van der Waals surface area (Å²) in [4.78, 5) is 23.3. The Morgan fingerprint density at radius 2 is 2.00 bits per heavy atom. The molecule has 0 aliphatic heterocycles. The molecule has 2 aromatic rings. The minimum absolute atomic E-state index is 0.166. The van der Waals surface area contributed by atoms with Gasteiger partial charge in [-0.2, -0.15) is 4.72 Å². The molecule has 8 nitrogen and oxygen atoms in total. The summed E-state index contributed by atoms with van der Waals surface area (Å²) in [7, 11) is -4.21. The van der Waals surface area contributed by atoms with E-state index in [4.69, 9.17) is 11.6 Å². The van der Waals surface area contributed by atoms with Crippen molar-refractivity contribution in [3.8, 4) is 0 Å². The summed E-state index contributed by atoms with van der Waals surface area (Å²) < 4.78 is 28.4. The van der Waals surface area contributed by atoms with Crippen molar-refractivity contribution >= 4 is 33.2 Å². The van der Waals surface area contributed by atoms with Gasteiger partial charge in [0.15, 0.2) is 0 Å². The molecule has 0 radical (unpaired) electrons. The van der Waals surface area contributed by atoms with Gasteiger partial charge in [0, 0.05) is 6.07 Å². The van der Waals surface area contributed by atoms with Gasteiger partial charge in [0.25, 0.3) is 5.69 Å². The third-order valence-electron chi connectivity index (χ3n) is 5.89. The number of carbonyl (C=O) groups excluding carboxylic acids is 1. The van der Waals surface area contributed by atoms with E-state index < -0.39 is 32.6 Å². The predicted octanol–water partition coefficient (Wildman–Crippen LogP) is 4.14. The molecule has 0 fully saturated rings. The normalized spacial score (nSPS) is 17.8. The smallest absolute Gasteiger partial charge is 0.289 e. The lowest BCUT2D eigenvalue weighted by molar-refractivity contribution is -0.384. The minimum Gasteiger partial charge on any atom is -0.348 e. The average Bonchev–Trinajstić information content (AvgIpc) is 2.77. The van der Waals surface area contributed by atoms with Crippen LogP contribution < -0.4 is 10.0 Å². The monoisotopic (exact) mass is 479 g/mol. The Balaban J connectivity index is 1.85. The number of carbonyl (C=O) groups is 1. The van der Waals surface area contributed by atoms with Gasteiger partial charge in [-0.1, -0.05) is 56.1 Å². The molecule has 0 saturated heterocycles. The minimum atomic E-state index is -4.21. The first-order valence-corrected chi connectivity index (χ1v) is 12.3. The molecular formula is C22H26ClN3O5S. The molecule has 0 saturated carbocycles. The molecule has 2 N–H and O–H groups in total. The Morgan fingerprint density at radius 3 is 2.69 bits per heavy atom. The molecule has 172 valence electrons. The summed E-state index contributed by atoms with van der Waals surface area (Å²) >= 11 is 5.80. The Morgan fingerprint density at radius 1 is 1.28 bits per heavy atom. The van der Waals surface area contributed by atoms with Crippen molar-refractivity contribution in [1.82, 2.24) is 10.0 Å². The molecule has 3 unspecified atom stereocenters. The Kier molecular flexibility index (Phi) is 7.53. The second-order valence-corrected chi connectivity index (χ2v) is 10.1. The summed E-state index contributed by atoms with van der Waals surface area (Å²) in [5, 5.41) is 14.0. The van der Waals surface area contributed by atoms with Crippen LogP contribution in [0.1, 0.15) is 50.3 Å². The van der Waals surface area contributed by atoms with Crippen molar-refractivity contribution in [3.63, 3.8) is 0 Å². The van der Waals surface area contributed by atoms with E-state index in [-0.39, 0.29) is 21.9 Å². The Bertz CT molecular complexity index is 1120. The van der Waals surface area contributed by atoms with Crippen LogP contribution in [-0.4, -0.2) is 25.3 Å². The second-order valence-electron chi connectivity index (χ2n) is 8.01. The van der Waals surface area contributed by atoms with Gasteiger partial charge in [-0.25, -0.2) is 8.42 Å². The quantitative estimate of drug-likeness (QED) is 0.435. The van der Waals surface area contributed by atoms with Gasteiger partial charge in [-0.3, -0.25) is 14.9 Å². The summed E-state index contributed by atoms with van der Waals surface area (Å²) in [6.07, 6.45) is 3.20. The zero-order valence-corrected chi connectivity index (χ0v) is 19.4. The number of halogens is 1. The van der Waals surface area contributed by atoms with E-state index in [0.717, 1.165) is 37.0 Å². The van der Waals surface area contributed by atoms with Crippen molar-refractivity contribution in [2.75, 3.05) is 0 Å². The number of nitro benzene ring substituents is 1. The van der Waals surface area contributed by atoms with E-state index in [1.807, 2.05) is 31.2 Å². The fraction of sp³-hybridized carbons (Fsp3) is 0.409. The van der Waals surface area contributed by atoms with Gasteiger partial charge < -0.3 is 5.32 Å². The first-order valence-electron chi connectivity index (χ1n) is 10.5. The van der Waals surface area contributed by atoms with Crippen LogP contribution in [0.2, 0.25) is 5.02 Å². The maximum absolute atomic E-state index is 13.2. The highest BCUT2D eigenvalue weighted by Crippen LogP contribution is 2.30. The number of nitrogens with zero attached hydrogens (tertiary/aromatic N) is 1. The van der Waals surface area contributed by atoms with E-state index >= 15 is 0 Å². The number of benzene rings is 2. The van der Waals surface area contributed by atoms with Crippen LogP contribution in [0.5, 0.6) is 0 Å². The van der Waals surface area contributed by atoms with Gasteiger partial charge >= 0.3 is 0 Å². The molecule has 0 spiro atoms. The van der Waals surface area contributed by atoms with Gasteiger partial charge in [0.05, 0.1) is 15.9 Å². The van der Waals surface area contributed by atoms with Gasteiger partial charge in [0.1, 0.15) is 11.1 Å². The third-order valence-corrected chi connectivity index (χ3v) is 7.65. The van der Waals surface area contributed by atoms with Gasteiger partial charge in [0.2, 0.25) is 15.9 Å². The molecule has 32 heavy (non-hydrogen) atoms. The fourth-order valence-corrected chi connectivity index (χ4v) is 5.37. The van der Waals surface area contributed by atoms with E-state index in [1.54, 1.807) is 6.92 Å². The molecular weight excluding hydrogens is 454 g/mol. The standard InChI is InChI=1S/C22H26ClN3O5S/c1-3-14(2)21(22(27)24-19-10-6-8-15-7-4-5-9-17(15)19)25-32(30,31)16-11-12-18(23)20(13-16)26(28)29/h4-5,7,9,11-14,19,21,25H,3,6,8,10H2,1-2H3,(H,24,27). The zero-order valence-electron chi connectivity index (χ0n) is 17.9. The Hall–Kier alpha value is -2.49. The largest absolute Gasteiger partial charge is 0.348 e. The lowest BCUT2D eigenvalue weighted by Gasteiger charge is -2.30. The number of nitrogens with one attached hydrogen (secondary N) is 2. The zero-order chi connectivity index (χ0) is 23.5. The molecule has 0 aromatic heterocycles. The van der Waals surface area contributed by atoms with Crippen molar-refractivity contribution in [3.05, 3.63) is 68.7 Å². The highest BCUT2D eigenvalue weighted by molar-refractivity contribution is 7.89. The lowest BCUT2D eigenvalue weighted by Crippen LogP contribution is -2.51. The summed E-state index contributed by atoms with van der Waals surface area (Å²) in [6.45, 7) is 3.65. The highest BCUT2D eigenvalue weighted by atomic mass is 35.5. The van der Waals surface area contributed by atoms with E-state index in [1.165, 1.54) is 11.6 Å². The number of fused-ring (bicyclic) bond motifs is 1. The molecule has 1 aliphatic carbocycles. The molecule has 1 amide bonds. The van der Waals surface area contributed by atoms with Crippen LogP contribution >= 0.6 is 11.6 Å². The third kappa shape index (κ3) is 5.28. The first-order chi connectivity index (χ1) is 15.1. The van der Waals surface area contributed by atoms with Crippen LogP contribution in [0.3, 0.4) is 0 Å². The lowest BCUT2D eigenvalue weighted by atomic mass is 9.87. The van der Waals surface area contributed by atoms with Gasteiger partial charge in [-0.15, -0.1) is 0 Å². The number of rotatable bonds is 8. The van der Waals surface area contributed by atoms with Crippen molar-refractivity contribution in [2.24, 2.45) is 5.92 Å². The van der Waals surface area contributed by atoms with Crippen molar-refractivity contribution in [1.29, 1.82) is 0 Å². The summed E-state index contributed by atoms with van der Waals surface area (Å²) in [5.41, 5.74) is 1.71. The maximum Gasteiger partial charge on any atom is 0.289 e. The average molecular weight is 480 g/mol. The van der Waals surface area contributed by atoms with Crippen LogP contribution in [0, 0.1) is 16.0 Å². The van der Waals surface area contributed by atoms with Crippen LogP contribution in [0.25, 0.3) is 0 Å². The number of aryl methyl sites for hydroxylation is 1. The highest BCUT2D eigenvalue weighted by Gasteiger charge is 2.33. The van der Waals surface area contributed by atoms with E-state index in [9.17, 15) is 23.3 Å². The number of hydrogen-bond acceptors (Lipinski definition) is 5. The number of nitro groups is 1. The summed E-state index contributed by atoms with van der Waals surface area (Å²) in [6, 6.07) is 9.91. The van der Waals surface area contributed by atoms with Crippen molar-refractivity contribution < 1.29 is 18.1 Å². The van der Waals surface area contributed by atoms with Crippen molar-refractivity contribution in [2.45, 2.75) is 56.5 Å². The first kappa shape index (κ1) is 24.2. The summed E-state index contributed by atoms with van der Waals surface area (Å²) in [5.74, 6) is -0.723. The number of sulfonamides is 1. The van der Waals surface area contributed by atoms with Crippen LogP contribution in [-0.2, 0) is 21.2 Å². The van der Waals surface area contributed by atoms with E-state index in [2.05, 4.69) is 10.0 Å². The molecule has 0 heterocycles. The molecule has 0 bridgehead atoms. The molecule has 3 rings (SSSR count). The SMILES string of the molecule is CCC(C)C(NS(=O)(=O)c1ccc(Cl)c([N+](=O)[O-])c1)C(=O)NC1CCCc2ccccc21. The Labute approximate surface area is 192 Å². The van der Waals surface area contributed by atoms with E-state index in [0.29, 0.717) is 6.42 Å². The van der Waals surface area contributed by atoms with Crippen LogP contribution in [0.4, 0.5) is 5.69 Å². The fourth-order valence-electron chi connectivity index (χ4n) is 3.86. The molecule has 2 aromatic carbocycles. The van der Waals surface area contributed by atoms with Gasteiger partial charge in [-0.05, 0) is 48.4 Å². The second kappa shape index (κ2) is 9.97. The number of amides is 1. The number of hydrogen-bond donors (Lipinski definition) is 2. The molecule has 3 atom stereocenters. The molecule has 1 aliphatic rings. The topological polar surface area (TPSA) is 118 Å². The van der Waals surface area contributed by atoms with Crippen LogP contribution in [0.15, 0.2) is 47.4 Å². The molecule has 10 heteroatoms. The predicted molar refractivity (Wildman–Crippen MR) is 122 cm³/mol.